The summed E-state index contributed by atoms with van der Waals surface area (Å²) in [5.74, 6) is 0. The minimum atomic E-state index is -3.40. The van der Waals surface area contributed by atoms with Crippen LogP contribution < -0.4 is 0 Å². The Labute approximate surface area is 72.3 Å². The highest BCUT2D eigenvalue weighted by molar-refractivity contribution is 7.93. The Balaban J connectivity index is 4.92. The summed E-state index contributed by atoms with van der Waals surface area (Å²) in [6, 6.07) is 0. The van der Waals surface area contributed by atoms with Gasteiger partial charge in [-0.15, -0.1) is 0 Å². The predicted molar refractivity (Wildman–Crippen MR) is 45.4 cm³/mol. The first-order valence-electron chi connectivity index (χ1n) is 3.32. The van der Waals surface area contributed by atoms with Gasteiger partial charge in [-0.2, -0.15) is 0 Å². The van der Waals surface area contributed by atoms with Crippen LogP contribution in [0.4, 0.5) is 0 Å². The topological polar surface area (TPSA) is 54.4 Å². The Kier molecular flexibility index (Phi) is 3.35. The Bertz CT molecular complexity index is 222. The molecule has 0 aliphatic heterocycles. The molecule has 3 nitrogen and oxygen atoms in total. The van der Waals surface area contributed by atoms with Gasteiger partial charge in [-0.05, 0) is 13.3 Å². The fourth-order valence-corrected chi connectivity index (χ4v) is 2.01. The summed E-state index contributed by atoms with van der Waals surface area (Å²) in [6.07, 6.45) is 0.172. The molecule has 0 fully saturated rings. The molecule has 0 spiro atoms. The zero-order valence-corrected chi connectivity index (χ0v) is 8.41. The molecule has 0 bridgehead atoms. The lowest BCUT2D eigenvalue weighted by Crippen LogP contribution is -2.41. The Morgan fingerprint density at radius 1 is 1.64 bits per heavy atom. The van der Waals surface area contributed by atoms with Crippen LogP contribution in [0.2, 0.25) is 0 Å². The van der Waals surface area contributed by atoms with E-state index in [2.05, 4.69) is 0 Å². The highest BCUT2D eigenvalue weighted by atomic mass is 35.5. The van der Waals surface area contributed by atoms with E-state index in [1.54, 1.807) is 6.92 Å². The summed E-state index contributed by atoms with van der Waals surface area (Å²) >= 11 is 5.70. The number of aliphatic hydroxyl groups excluding tert-OH is 1. The van der Waals surface area contributed by atoms with E-state index in [0.717, 1.165) is 6.26 Å². The van der Waals surface area contributed by atoms with Gasteiger partial charge in [0, 0.05) is 6.26 Å². The molecule has 0 saturated carbocycles. The van der Waals surface area contributed by atoms with Gasteiger partial charge in [0.1, 0.15) is 0 Å². The van der Waals surface area contributed by atoms with E-state index >= 15 is 0 Å². The molecule has 1 N–H and O–H groups in total. The van der Waals surface area contributed by atoms with Crippen molar-refractivity contribution in [3.8, 4) is 0 Å². The predicted octanol–water partition coefficient (Wildman–Crippen LogP) is 0.757. The van der Waals surface area contributed by atoms with E-state index in [1.165, 1.54) is 6.92 Å². The third-order valence-electron chi connectivity index (χ3n) is 1.72. The molecule has 0 saturated heterocycles. The van der Waals surface area contributed by atoms with Gasteiger partial charge in [-0.25, -0.2) is 8.42 Å². The van der Waals surface area contributed by atoms with Crippen LogP contribution in [-0.2, 0) is 9.84 Å². The van der Waals surface area contributed by atoms with Crippen LogP contribution in [0.3, 0.4) is 0 Å². The van der Waals surface area contributed by atoms with E-state index < -0.39 is 20.1 Å². The van der Waals surface area contributed by atoms with Gasteiger partial charge in [0.2, 0.25) is 0 Å². The van der Waals surface area contributed by atoms with Crippen molar-refractivity contribution < 1.29 is 13.5 Å². The smallest absolute Gasteiger partial charge is 0.170 e. The average molecular weight is 201 g/mol. The van der Waals surface area contributed by atoms with Crippen molar-refractivity contribution in [1.82, 2.24) is 0 Å². The van der Waals surface area contributed by atoms with Crippen LogP contribution in [-0.4, -0.2) is 30.1 Å². The van der Waals surface area contributed by atoms with E-state index in [9.17, 15) is 8.42 Å². The minimum Gasteiger partial charge on any atom is -0.390 e. The van der Waals surface area contributed by atoms with Crippen molar-refractivity contribution in [2.24, 2.45) is 0 Å². The van der Waals surface area contributed by atoms with Crippen molar-refractivity contribution in [3.05, 3.63) is 0 Å². The first-order chi connectivity index (χ1) is 4.75. The van der Waals surface area contributed by atoms with Crippen molar-refractivity contribution in [2.75, 3.05) is 6.26 Å². The fraction of sp³-hybridized carbons (Fsp3) is 1.00. The molecule has 68 valence electrons. The molecule has 0 aromatic heterocycles. The molecule has 0 heterocycles. The molecule has 0 aliphatic carbocycles. The SMILES string of the molecule is CC[C@](Cl)([C@H](C)O)S(C)(=O)=O. The molecule has 0 rings (SSSR count). The minimum absolute atomic E-state index is 0.199. The molecule has 0 aromatic carbocycles. The number of rotatable bonds is 3. The van der Waals surface area contributed by atoms with Crippen LogP contribution in [0.1, 0.15) is 20.3 Å². The number of alkyl halides is 1. The second-order valence-electron chi connectivity index (χ2n) is 2.59. The lowest BCUT2D eigenvalue weighted by Gasteiger charge is -2.26. The van der Waals surface area contributed by atoms with Gasteiger partial charge in [0.25, 0.3) is 0 Å². The molecule has 5 heteroatoms. The van der Waals surface area contributed by atoms with E-state index in [-0.39, 0.29) is 6.42 Å². The summed E-state index contributed by atoms with van der Waals surface area (Å²) in [5, 5.41) is 9.10. The van der Waals surface area contributed by atoms with E-state index in [4.69, 9.17) is 16.7 Å². The molecule has 0 aromatic rings. The van der Waals surface area contributed by atoms with Crippen LogP contribution in [0.5, 0.6) is 0 Å². The van der Waals surface area contributed by atoms with Crippen LogP contribution in [0, 0.1) is 0 Å². The summed E-state index contributed by atoms with van der Waals surface area (Å²) in [4.78, 5) is 0. The molecule has 2 atom stereocenters. The van der Waals surface area contributed by atoms with E-state index in [1.807, 2.05) is 0 Å². The zero-order chi connectivity index (χ0) is 9.28. The number of hydrogen-bond acceptors (Lipinski definition) is 3. The number of halogens is 1. The molecular formula is C6H13ClO3S. The second kappa shape index (κ2) is 3.29. The Morgan fingerprint density at radius 3 is 2.00 bits per heavy atom. The van der Waals surface area contributed by atoms with Crippen molar-refractivity contribution in [2.45, 2.75) is 30.6 Å². The van der Waals surface area contributed by atoms with Crippen LogP contribution in [0.15, 0.2) is 0 Å². The number of sulfone groups is 1. The van der Waals surface area contributed by atoms with Gasteiger partial charge in [0.05, 0.1) is 6.10 Å². The summed E-state index contributed by atoms with van der Waals surface area (Å²) in [7, 11) is -3.40. The first kappa shape index (κ1) is 11.2. The largest absolute Gasteiger partial charge is 0.390 e. The summed E-state index contributed by atoms with van der Waals surface area (Å²) < 4.78 is 20.5. The van der Waals surface area contributed by atoms with Crippen molar-refractivity contribution >= 4 is 21.4 Å². The Morgan fingerprint density at radius 2 is 2.00 bits per heavy atom. The fourth-order valence-electron chi connectivity index (χ4n) is 0.867. The van der Waals surface area contributed by atoms with Crippen molar-refractivity contribution in [3.63, 3.8) is 0 Å². The number of aliphatic hydroxyl groups is 1. The van der Waals surface area contributed by atoms with Gasteiger partial charge in [-0.1, -0.05) is 18.5 Å². The standard InChI is InChI=1S/C6H13ClO3S/c1-4-6(7,5(2)8)11(3,9)10/h5,8H,4H2,1-3H3/t5-,6+/m0/s1. The van der Waals surface area contributed by atoms with Gasteiger partial charge >= 0.3 is 0 Å². The molecule has 0 unspecified atom stereocenters. The summed E-state index contributed by atoms with van der Waals surface area (Å²) in [5.41, 5.74) is 0. The third kappa shape index (κ3) is 2.07. The monoisotopic (exact) mass is 200 g/mol. The molecule has 0 amide bonds. The molecular weight excluding hydrogens is 188 g/mol. The highest BCUT2D eigenvalue weighted by Gasteiger charge is 2.41. The third-order valence-corrected chi connectivity index (χ3v) is 5.01. The maximum atomic E-state index is 11.0. The lowest BCUT2D eigenvalue weighted by molar-refractivity contribution is 0.172. The normalized spacial score (nSPS) is 20.8. The van der Waals surface area contributed by atoms with Gasteiger partial charge in [-0.3, -0.25) is 0 Å². The second-order valence-corrected chi connectivity index (χ2v) is 5.76. The lowest BCUT2D eigenvalue weighted by atomic mass is 10.2. The maximum absolute atomic E-state index is 11.0. The molecule has 11 heavy (non-hydrogen) atoms. The molecule has 0 aliphatic rings. The van der Waals surface area contributed by atoms with Gasteiger partial charge < -0.3 is 5.11 Å². The average Bonchev–Trinajstić information content (AvgIpc) is 1.83. The van der Waals surface area contributed by atoms with Crippen LogP contribution in [0.25, 0.3) is 0 Å². The number of hydrogen-bond donors (Lipinski definition) is 1. The van der Waals surface area contributed by atoms with Crippen molar-refractivity contribution in [1.29, 1.82) is 0 Å². The summed E-state index contributed by atoms with van der Waals surface area (Å²) in [6.45, 7) is 3.00. The van der Waals surface area contributed by atoms with Crippen LogP contribution >= 0.6 is 11.6 Å². The first-order valence-corrected chi connectivity index (χ1v) is 5.59. The van der Waals surface area contributed by atoms with E-state index in [0.29, 0.717) is 0 Å². The maximum Gasteiger partial charge on any atom is 0.170 e. The Hall–Kier alpha value is 0.200. The quantitative estimate of drug-likeness (QED) is 0.685. The highest BCUT2D eigenvalue weighted by Crippen LogP contribution is 2.29. The molecule has 0 radical (unpaired) electrons. The zero-order valence-electron chi connectivity index (χ0n) is 6.83. The van der Waals surface area contributed by atoms with Gasteiger partial charge in [0.15, 0.2) is 14.0 Å².